The van der Waals surface area contributed by atoms with Gasteiger partial charge in [0.25, 0.3) is 6.47 Å². The van der Waals surface area contributed by atoms with E-state index in [-0.39, 0.29) is 87.9 Å². The Balaban J connectivity index is 1.04. The Morgan fingerprint density at radius 1 is 0.828 bits per heavy atom. The average molecular weight is 800 g/mol. The first-order valence-corrected chi connectivity index (χ1v) is 22.3. The van der Waals surface area contributed by atoms with Crippen molar-refractivity contribution in [2.75, 3.05) is 0 Å². The SMILES string of the molecule is CC(C)C1=C2[C@H]3CC[C@@H]4[C@@]5(C)CC[C@H](OC(=O)[C@H]6C[C@@H](OC=O)C6(C)C)C(C)(C)[C@@H]5CC[C@@]4(C)[C@]3(C)CC[C@@]2(NC(=O)C2(CC(=O)c3ccc(F)cc3)CC2)CC1=O. The molecular formula is C49H66FNO7. The summed E-state index contributed by atoms with van der Waals surface area (Å²) in [5.74, 6) is 0.0281. The Hall–Kier alpha value is -3.36. The van der Waals surface area contributed by atoms with Crippen molar-refractivity contribution in [2.45, 2.75) is 164 Å². The minimum absolute atomic E-state index is 0.000492. The number of rotatable bonds is 10. The van der Waals surface area contributed by atoms with E-state index >= 15 is 0 Å². The maximum absolute atomic E-state index is 14.4. The monoisotopic (exact) mass is 799 g/mol. The average Bonchev–Trinajstić information content (AvgIpc) is 3.87. The van der Waals surface area contributed by atoms with E-state index in [1.807, 2.05) is 13.8 Å². The maximum Gasteiger partial charge on any atom is 0.310 e. The Bertz CT molecular complexity index is 1940. The van der Waals surface area contributed by atoms with Gasteiger partial charge in [0.05, 0.1) is 16.9 Å². The molecule has 0 unspecified atom stereocenters. The third-order valence-electron chi connectivity index (χ3n) is 18.7. The fraction of sp³-hybridized carbons (Fsp3) is 0.735. The van der Waals surface area contributed by atoms with Crippen LogP contribution in [0.25, 0.3) is 0 Å². The zero-order chi connectivity index (χ0) is 42.0. The summed E-state index contributed by atoms with van der Waals surface area (Å²) in [4.78, 5) is 66.7. The lowest BCUT2D eigenvalue weighted by molar-refractivity contribution is -0.236. The molecule has 0 heterocycles. The van der Waals surface area contributed by atoms with Crippen LogP contribution in [0.5, 0.6) is 0 Å². The van der Waals surface area contributed by atoms with Gasteiger partial charge in [-0.3, -0.25) is 24.0 Å². The lowest BCUT2D eigenvalue weighted by atomic mass is 9.33. The summed E-state index contributed by atoms with van der Waals surface area (Å²) in [7, 11) is 0. The highest BCUT2D eigenvalue weighted by Crippen LogP contribution is 2.76. The van der Waals surface area contributed by atoms with Crippen molar-refractivity contribution in [1.29, 1.82) is 0 Å². The van der Waals surface area contributed by atoms with E-state index in [2.05, 4.69) is 53.8 Å². The van der Waals surface area contributed by atoms with Gasteiger partial charge in [0, 0.05) is 29.2 Å². The molecule has 0 aromatic heterocycles. The predicted molar refractivity (Wildman–Crippen MR) is 218 cm³/mol. The van der Waals surface area contributed by atoms with Crippen LogP contribution < -0.4 is 5.32 Å². The fourth-order valence-corrected chi connectivity index (χ4v) is 14.8. The topological polar surface area (TPSA) is 116 Å². The Morgan fingerprint density at radius 3 is 2.14 bits per heavy atom. The van der Waals surface area contributed by atoms with E-state index < -0.39 is 22.2 Å². The van der Waals surface area contributed by atoms with Crippen LogP contribution in [-0.4, -0.2) is 47.7 Å². The third kappa shape index (κ3) is 5.87. The number of allylic oxidation sites excluding steroid dienone is 1. The van der Waals surface area contributed by atoms with Gasteiger partial charge in [0.2, 0.25) is 5.91 Å². The number of ether oxygens (including phenoxy) is 2. The third-order valence-corrected chi connectivity index (χ3v) is 18.7. The van der Waals surface area contributed by atoms with E-state index in [4.69, 9.17) is 9.47 Å². The fourth-order valence-electron chi connectivity index (χ4n) is 14.8. The maximum atomic E-state index is 14.4. The van der Waals surface area contributed by atoms with Gasteiger partial charge >= 0.3 is 5.97 Å². The number of nitrogens with one attached hydrogen (secondary N) is 1. The van der Waals surface area contributed by atoms with Crippen molar-refractivity contribution in [3.05, 3.63) is 46.8 Å². The molecule has 1 aromatic rings. The molecule has 6 fully saturated rings. The van der Waals surface area contributed by atoms with Gasteiger partial charge in [-0.25, -0.2) is 4.39 Å². The van der Waals surface area contributed by atoms with Gasteiger partial charge in [-0.15, -0.1) is 0 Å². The highest BCUT2D eigenvalue weighted by atomic mass is 19.1. The predicted octanol–water partition coefficient (Wildman–Crippen LogP) is 9.53. The first-order valence-electron chi connectivity index (χ1n) is 22.3. The molecule has 0 spiro atoms. The van der Waals surface area contributed by atoms with Crippen LogP contribution in [0, 0.1) is 67.9 Å². The van der Waals surface area contributed by atoms with E-state index in [0.717, 1.165) is 50.5 Å². The number of esters is 1. The summed E-state index contributed by atoms with van der Waals surface area (Å²) in [6, 6.07) is 5.55. The van der Waals surface area contributed by atoms with Gasteiger partial charge < -0.3 is 14.8 Å². The summed E-state index contributed by atoms with van der Waals surface area (Å²) in [6.07, 6.45) is 9.18. The standard InChI is InChI=1S/C49H66FNO7/c1-28(2)39-34(54)26-49(51-42(56)48(21-22-48)25-33(53)29-10-12-30(50)13-11-29)23-20-46(8)31(40(39)49)14-15-36-45(7)18-17-37(44(5,6)35(45)16-19-47(36,46)9)58-41(55)32-24-38(57-27-52)43(32,3)4/h10-13,27-28,31-32,35-38H,14-26H2,1-9H3,(H,51,56)/t31-,32-,35+,36-,37+,38-,45+,46-,47-,49-/m1/s1. The normalized spacial score (nSPS) is 40.2. The van der Waals surface area contributed by atoms with Gasteiger partial charge in [0.15, 0.2) is 11.6 Å². The molecule has 0 radical (unpaired) electrons. The lowest BCUT2D eigenvalue weighted by Gasteiger charge is -2.72. The second-order valence-electron chi connectivity index (χ2n) is 22.2. The zero-order valence-electron chi connectivity index (χ0n) is 36.4. The number of benzene rings is 1. The quantitative estimate of drug-likeness (QED) is 0.142. The van der Waals surface area contributed by atoms with Crippen molar-refractivity contribution >= 4 is 29.9 Å². The molecule has 1 amide bonds. The number of amides is 1. The van der Waals surface area contributed by atoms with Crippen LogP contribution >= 0.6 is 0 Å². The summed E-state index contributed by atoms with van der Waals surface area (Å²) < 4.78 is 25.3. The summed E-state index contributed by atoms with van der Waals surface area (Å²) in [5.41, 5.74) is 0.250. The first kappa shape index (κ1) is 41.4. The van der Waals surface area contributed by atoms with Crippen molar-refractivity contribution in [1.82, 2.24) is 5.32 Å². The van der Waals surface area contributed by atoms with Crippen LogP contribution in [0.15, 0.2) is 35.4 Å². The summed E-state index contributed by atoms with van der Waals surface area (Å²) in [6.45, 7) is 20.9. The zero-order valence-corrected chi connectivity index (χ0v) is 36.4. The number of hydrogen-bond donors (Lipinski definition) is 1. The van der Waals surface area contributed by atoms with Gasteiger partial charge in [-0.05, 0) is 146 Å². The molecule has 8 rings (SSSR count). The minimum Gasteiger partial charge on any atom is -0.464 e. The Morgan fingerprint density at radius 2 is 1.52 bits per heavy atom. The molecule has 1 N–H and O–H groups in total. The highest BCUT2D eigenvalue weighted by Gasteiger charge is 2.71. The molecule has 0 aliphatic heterocycles. The number of fused-ring (bicyclic) bond motifs is 7. The molecule has 0 bridgehead atoms. The minimum atomic E-state index is -0.798. The van der Waals surface area contributed by atoms with Gasteiger partial charge in [0.1, 0.15) is 18.0 Å². The molecule has 7 aliphatic carbocycles. The van der Waals surface area contributed by atoms with E-state index in [1.54, 1.807) is 0 Å². The second-order valence-corrected chi connectivity index (χ2v) is 22.2. The van der Waals surface area contributed by atoms with Crippen LogP contribution in [0.1, 0.15) is 156 Å². The molecule has 8 nitrogen and oxygen atoms in total. The largest absolute Gasteiger partial charge is 0.464 e. The molecule has 0 saturated heterocycles. The van der Waals surface area contributed by atoms with Crippen LogP contribution in [0.2, 0.25) is 0 Å². The Labute approximate surface area is 344 Å². The number of halogens is 1. The number of carbonyl (C=O) groups excluding carboxylic acids is 5. The molecule has 6 saturated carbocycles. The van der Waals surface area contributed by atoms with Crippen LogP contribution in [0.3, 0.4) is 0 Å². The van der Waals surface area contributed by atoms with E-state index in [9.17, 15) is 28.4 Å². The number of carbonyl (C=O) groups is 5. The molecule has 7 aliphatic rings. The summed E-state index contributed by atoms with van der Waals surface area (Å²) >= 11 is 0. The van der Waals surface area contributed by atoms with Gasteiger partial charge in [-0.1, -0.05) is 62.3 Å². The molecule has 10 atom stereocenters. The molecular weight excluding hydrogens is 734 g/mol. The molecule has 58 heavy (non-hydrogen) atoms. The first-order chi connectivity index (χ1) is 27.1. The van der Waals surface area contributed by atoms with Crippen molar-refractivity contribution in [3.8, 4) is 0 Å². The molecule has 1 aromatic carbocycles. The number of ketones is 2. The molecule has 9 heteroatoms. The number of Topliss-reactive ketones (excluding diaryl/α,β-unsaturated/α-hetero) is 2. The van der Waals surface area contributed by atoms with Crippen LogP contribution in [-0.2, 0) is 28.7 Å². The van der Waals surface area contributed by atoms with Crippen molar-refractivity contribution in [2.24, 2.45) is 62.1 Å². The number of hydrogen-bond acceptors (Lipinski definition) is 7. The summed E-state index contributed by atoms with van der Waals surface area (Å²) in [5, 5.41) is 3.53. The lowest BCUT2D eigenvalue weighted by Crippen LogP contribution is -2.67. The van der Waals surface area contributed by atoms with E-state index in [0.29, 0.717) is 49.6 Å². The van der Waals surface area contributed by atoms with Gasteiger partial charge in [-0.2, -0.15) is 0 Å². The molecule has 316 valence electrons. The van der Waals surface area contributed by atoms with Crippen LogP contribution in [0.4, 0.5) is 4.39 Å². The van der Waals surface area contributed by atoms with Crippen molar-refractivity contribution in [3.63, 3.8) is 0 Å². The highest BCUT2D eigenvalue weighted by molar-refractivity contribution is 6.04. The smallest absolute Gasteiger partial charge is 0.310 e. The second kappa shape index (κ2) is 13.6. The van der Waals surface area contributed by atoms with Crippen molar-refractivity contribution < 1.29 is 37.8 Å². The Kier molecular flexibility index (Phi) is 9.68. The van der Waals surface area contributed by atoms with E-state index in [1.165, 1.54) is 29.8 Å².